The Morgan fingerprint density at radius 2 is 2.15 bits per heavy atom. The van der Waals surface area contributed by atoms with Crippen molar-refractivity contribution in [2.24, 2.45) is 4.99 Å². The molecule has 1 aliphatic heterocycles. The molecule has 0 aromatic heterocycles. The van der Waals surface area contributed by atoms with Crippen molar-refractivity contribution >= 4 is 41.7 Å². The first-order valence-corrected chi connectivity index (χ1v) is 8.42. The third-order valence-corrected chi connectivity index (χ3v) is 4.70. The van der Waals surface area contributed by atoms with Gasteiger partial charge in [0.05, 0.1) is 6.54 Å². The van der Waals surface area contributed by atoms with Crippen molar-refractivity contribution in [3.05, 3.63) is 0 Å². The maximum Gasteiger partial charge on any atom is 0.191 e. The maximum absolute atomic E-state index is 5.33. The highest BCUT2D eigenvalue weighted by molar-refractivity contribution is 14.0. The highest BCUT2D eigenvalue weighted by Gasteiger charge is 2.29. The van der Waals surface area contributed by atoms with Crippen LogP contribution >= 0.6 is 35.7 Å². The van der Waals surface area contributed by atoms with E-state index < -0.39 is 0 Å². The molecule has 6 heteroatoms. The van der Waals surface area contributed by atoms with E-state index in [1.165, 1.54) is 18.6 Å². The summed E-state index contributed by atoms with van der Waals surface area (Å²) in [6.07, 6.45) is 3.63. The predicted octanol–water partition coefficient (Wildman–Crippen LogP) is 2.87. The highest BCUT2D eigenvalue weighted by atomic mass is 127. The molecular weight excluding hydrogens is 385 g/mol. The van der Waals surface area contributed by atoms with Crippen LogP contribution in [0.4, 0.5) is 0 Å². The number of hydrogen-bond acceptors (Lipinski definition) is 3. The second-order valence-corrected chi connectivity index (χ2v) is 6.76. The van der Waals surface area contributed by atoms with E-state index in [-0.39, 0.29) is 24.0 Å². The molecule has 1 unspecified atom stereocenters. The molecule has 1 saturated heterocycles. The molecule has 0 aliphatic carbocycles. The summed E-state index contributed by atoms with van der Waals surface area (Å²) in [5, 5.41) is 6.67. The second kappa shape index (κ2) is 11.9. The molecule has 0 aromatic carbocycles. The summed E-state index contributed by atoms with van der Waals surface area (Å²) in [6.45, 7) is 10.8. The first-order valence-electron chi connectivity index (χ1n) is 7.44. The molecule has 1 aliphatic rings. The average molecular weight is 415 g/mol. The molecule has 1 heterocycles. The van der Waals surface area contributed by atoms with Crippen molar-refractivity contribution in [1.29, 1.82) is 0 Å². The molecule has 120 valence electrons. The zero-order valence-electron chi connectivity index (χ0n) is 13.0. The zero-order chi connectivity index (χ0) is 14.0. The fourth-order valence-corrected chi connectivity index (χ4v) is 3.30. The Morgan fingerprint density at radius 3 is 2.75 bits per heavy atom. The number of ether oxygens (including phenoxy) is 1. The van der Waals surface area contributed by atoms with Gasteiger partial charge < -0.3 is 15.4 Å². The number of halogens is 1. The molecule has 1 fully saturated rings. The van der Waals surface area contributed by atoms with Crippen LogP contribution in [0.25, 0.3) is 0 Å². The molecule has 0 radical (unpaired) electrons. The minimum Gasteiger partial charge on any atom is -0.382 e. The SMILES string of the molecule is CCNC(=NCC1(C)CCCS1)NCCCOCC.I. The number of hydrogen-bond donors (Lipinski definition) is 2. The van der Waals surface area contributed by atoms with Crippen LogP contribution in [0.1, 0.15) is 40.0 Å². The third-order valence-electron chi connectivity index (χ3n) is 3.18. The number of nitrogens with zero attached hydrogens (tertiary/aromatic N) is 1. The van der Waals surface area contributed by atoms with Gasteiger partial charge in [-0.25, -0.2) is 0 Å². The monoisotopic (exact) mass is 415 g/mol. The lowest BCUT2D eigenvalue weighted by Crippen LogP contribution is -2.39. The summed E-state index contributed by atoms with van der Waals surface area (Å²) < 4.78 is 5.67. The van der Waals surface area contributed by atoms with Crippen LogP contribution in [0.2, 0.25) is 0 Å². The van der Waals surface area contributed by atoms with Crippen LogP contribution in [0.3, 0.4) is 0 Å². The van der Waals surface area contributed by atoms with Crippen molar-refractivity contribution in [2.45, 2.75) is 44.8 Å². The van der Waals surface area contributed by atoms with Gasteiger partial charge in [0.25, 0.3) is 0 Å². The van der Waals surface area contributed by atoms with Gasteiger partial charge in [0.15, 0.2) is 5.96 Å². The van der Waals surface area contributed by atoms with E-state index in [0.29, 0.717) is 4.75 Å². The molecule has 0 amide bonds. The van der Waals surface area contributed by atoms with Crippen LogP contribution < -0.4 is 10.6 Å². The van der Waals surface area contributed by atoms with E-state index in [1.54, 1.807) is 0 Å². The first-order chi connectivity index (χ1) is 9.20. The largest absolute Gasteiger partial charge is 0.382 e. The standard InChI is InChI=1S/C14H29N3OS.HI/c1-4-15-13(16-9-7-10-18-5-2)17-12-14(3)8-6-11-19-14;/h4-12H2,1-3H3,(H2,15,16,17);1H. The molecule has 0 bridgehead atoms. The van der Waals surface area contributed by atoms with E-state index >= 15 is 0 Å². The number of guanidine groups is 1. The topological polar surface area (TPSA) is 45.7 Å². The van der Waals surface area contributed by atoms with Gasteiger partial charge in [-0.3, -0.25) is 4.99 Å². The van der Waals surface area contributed by atoms with E-state index in [2.05, 4.69) is 36.2 Å². The molecule has 0 saturated carbocycles. The van der Waals surface area contributed by atoms with Gasteiger partial charge in [-0.1, -0.05) is 0 Å². The van der Waals surface area contributed by atoms with Crippen LogP contribution in [0, 0.1) is 0 Å². The van der Waals surface area contributed by atoms with E-state index in [0.717, 1.165) is 45.2 Å². The first kappa shape index (κ1) is 20.3. The van der Waals surface area contributed by atoms with Crippen molar-refractivity contribution < 1.29 is 4.74 Å². The van der Waals surface area contributed by atoms with E-state index in [1.807, 2.05) is 6.92 Å². The van der Waals surface area contributed by atoms with Gasteiger partial charge in [0.2, 0.25) is 0 Å². The quantitative estimate of drug-likeness (QED) is 0.277. The van der Waals surface area contributed by atoms with Gasteiger partial charge in [-0.2, -0.15) is 11.8 Å². The molecule has 0 spiro atoms. The maximum atomic E-state index is 5.33. The highest BCUT2D eigenvalue weighted by Crippen LogP contribution is 2.37. The lowest BCUT2D eigenvalue weighted by molar-refractivity contribution is 0.145. The Labute approximate surface area is 145 Å². The van der Waals surface area contributed by atoms with Crippen LogP contribution in [-0.4, -0.2) is 49.3 Å². The smallest absolute Gasteiger partial charge is 0.191 e. The number of rotatable bonds is 8. The van der Waals surface area contributed by atoms with Crippen LogP contribution in [-0.2, 0) is 4.74 Å². The lowest BCUT2D eigenvalue weighted by atomic mass is 10.1. The molecule has 1 rings (SSSR count). The fourth-order valence-electron chi connectivity index (χ4n) is 2.07. The van der Waals surface area contributed by atoms with E-state index in [4.69, 9.17) is 9.73 Å². The molecule has 20 heavy (non-hydrogen) atoms. The molecule has 0 aromatic rings. The summed E-state index contributed by atoms with van der Waals surface area (Å²) in [4.78, 5) is 4.72. The number of nitrogens with one attached hydrogen (secondary N) is 2. The molecular formula is C14H30IN3OS. The summed E-state index contributed by atoms with van der Waals surface area (Å²) in [5.74, 6) is 2.22. The van der Waals surface area contributed by atoms with E-state index in [9.17, 15) is 0 Å². The fraction of sp³-hybridized carbons (Fsp3) is 0.929. The van der Waals surface area contributed by atoms with Crippen molar-refractivity contribution in [2.75, 3.05) is 38.6 Å². The van der Waals surface area contributed by atoms with Gasteiger partial charge in [0, 0.05) is 31.1 Å². The van der Waals surface area contributed by atoms with Crippen molar-refractivity contribution in [3.8, 4) is 0 Å². The summed E-state index contributed by atoms with van der Waals surface area (Å²) in [6, 6.07) is 0. The number of thioether (sulfide) groups is 1. The molecule has 4 nitrogen and oxygen atoms in total. The third kappa shape index (κ3) is 8.56. The van der Waals surface area contributed by atoms with Crippen LogP contribution in [0.15, 0.2) is 4.99 Å². The normalized spacial score (nSPS) is 22.4. The Morgan fingerprint density at radius 1 is 1.35 bits per heavy atom. The zero-order valence-corrected chi connectivity index (χ0v) is 16.2. The van der Waals surface area contributed by atoms with Gasteiger partial charge in [0.1, 0.15) is 0 Å². The lowest BCUT2D eigenvalue weighted by Gasteiger charge is -2.21. The van der Waals surface area contributed by atoms with Gasteiger partial charge in [-0.15, -0.1) is 24.0 Å². The van der Waals surface area contributed by atoms with Gasteiger partial charge >= 0.3 is 0 Å². The van der Waals surface area contributed by atoms with Gasteiger partial charge in [-0.05, 0) is 45.8 Å². The Bertz CT molecular complexity index is 271. The average Bonchev–Trinajstić information content (AvgIpc) is 2.83. The Kier molecular flexibility index (Phi) is 12.1. The molecule has 2 N–H and O–H groups in total. The predicted molar refractivity (Wildman–Crippen MR) is 101 cm³/mol. The summed E-state index contributed by atoms with van der Waals surface area (Å²) in [5.41, 5.74) is 0. The Hall–Kier alpha value is 0.310. The second-order valence-electron chi connectivity index (χ2n) is 5.07. The van der Waals surface area contributed by atoms with Crippen molar-refractivity contribution in [3.63, 3.8) is 0 Å². The van der Waals surface area contributed by atoms with Crippen LogP contribution in [0.5, 0.6) is 0 Å². The minimum absolute atomic E-state index is 0. The summed E-state index contributed by atoms with van der Waals surface area (Å²) >= 11 is 2.06. The Balaban J connectivity index is 0.00000361. The summed E-state index contributed by atoms with van der Waals surface area (Å²) in [7, 11) is 0. The minimum atomic E-state index is 0. The number of aliphatic imine (C=N–C) groups is 1. The van der Waals surface area contributed by atoms with Crippen molar-refractivity contribution in [1.82, 2.24) is 10.6 Å². The molecule has 1 atom stereocenters.